The van der Waals surface area contributed by atoms with Crippen molar-refractivity contribution in [3.05, 3.63) is 76.2 Å². The standard InChI is InChI=1S/C14H11N3/c15-17-16-14-9-5-4-8-13(14)11-10-12-6-2-1-3-7-12/h1-11H/b11-10+. The maximum absolute atomic E-state index is 8.46. The molecule has 0 saturated heterocycles. The summed E-state index contributed by atoms with van der Waals surface area (Å²) in [6, 6.07) is 17.5. The first-order chi connectivity index (χ1) is 8.40. The zero-order chi connectivity index (χ0) is 11.9. The van der Waals surface area contributed by atoms with Gasteiger partial charge in [0, 0.05) is 10.6 Å². The highest BCUT2D eigenvalue weighted by atomic mass is 15.1. The maximum Gasteiger partial charge on any atom is 0.0447 e. The minimum Gasteiger partial charge on any atom is -0.0622 e. The van der Waals surface area contributed by atoms with E-state index < -0.39 is 0 Å². The summed E-state index contributed by atoms with van der Waals surface area (Å²) in [7, 11) is 0. The van der Waals surface area contributed by atoms with Crippen molar-refractivity contribution in [2.45, 2.75) is 0 Å². The van der Waals surface area contributed by atoms with Crippen LogP contribution in [0, 0.1) is 0 Å². The molecule has 0 radical (unpaired) electrons. The number of azide groups is 1. The van der Waals surface area contributed by atoms with Crippen molar-refractivity contribution in [2.75, 3.05) is 0 Å². The molecule has 0 heterocycles. The molecule has 0 aliphatic rings. The van der Waals surface area contributed by atoms with Gasteiger partial charge in [-0.15, -0.1) is 0 Å². The monoisotopic (exact) mass is 221 g/mol. The summed E-state index contributed by atoms with van der Waals surface area (Å²) in [6.07, 6.45) is 3.94. The molecular weight excluding hydrogens is 210 g/mol. The lowest BCUT2D eigenvalue weighted by Gasteiger charge is -1.98. The number of benzene rings is 2. The van der Waals surface area contributed by atoms with Crippen LogP contribution in [0.25, 0.3) is 22.6 Å². The van der Waals surface area contributed by atoms with Gasteiger partial charge in [-0.1, -0.05) is 71.9 Å². The van der Waals surface area contributed by atoms with E-state index in [4.69, 9.17) is 5.53 Å². The molecule has 0 spiro atoms. The van der Waals surface area contributed by atoms with Crippen molar-refractivity contribution in [2.24, 2.45) is 5.11 Å². The van der Waals surface area contributed by atoms with Crippen LogP contribution in [0.2, 0.25) is 0 Å². The molecule has 3 nitrogen and oxygen atoms in total. The molecule has 17 heavy (non-hydrogen) atoms. The van der Waals surface area contributed by atoms with Gasteiger partial charge < -0.3 is 0 Å². The van der Waals surface area contributed by atoms with Gasteiger partial charge in [0.25, 0.3) is 0 Å². The van der Waals surface area contributed by atoms with Gasteiger partial charge >= 0.3 is 0 Å². The molecule has 0 unspecified atom stereocenters. The Morgan fingerprint density at radius 3 is 2.35 bits per heavy atom. The lowest BCUT2D eigenvalue weighted by atomic mass is 10.1. The molecule has 0 aromatic heterocycles. The Morgan fingerprint density at radius 2 is 1.59 bits per heavy atom. The fraction of sp³-hybridized carbons (Fsp3) is 0. The van der Waals surface area contributed by atoms with Gasteiger partial charge in [0.1, 0.15) is 0 Å². The molecule has 0 aliphatic carbocycles. The average Bonchev–Trinajstić information content (AvgIpc) is 2.39. The topological polar surface area (TPSA) is 48.8 Å². The van der Waals surface area contributed by atoms with E-state index in [0.717, 1.165) is 11.1 Å². The van der Waals surface area contributed by atoms with E-state index in [1.165, 1.54) is 0 Å². The van der Waals surface area contributed by atoms with Crippen LogP contribution in [0.15, 0.2) is 59.7 Å². The first-order valence-corrected chi connectivity index (χ1v) is 5.27. The third kappa shape index (κ3) is 2.97. The quantitative estimate of drug-likeness (QED) is 0.309. The lowest BCUT2D eigenvalue weighted by molar-refractivity contribution is 1.46. The molecule has 3 heteroatoms. The predicted molar refractivity (Wildman–Crippen MR) is 70.6 cm³/mol. The molecule has 0 saturated carbocycles. The Kier molecular flexibility index (Phi) is 3.58. The van der Waals surface area contributed by atoms with Crippen molar-refractivity contribution >= 4 is 17.8 Å². The Bertz CT molecular complexity index is 567. The largest absolute Gasteiger partial charge is 0.0622 e. The van der Waals surface area contributed by atoms with Gasteiger partial charge in [0.05, 0.1) is 0 Å². The SMILES string of the molecule is [N-]=[N+]=Nc1ccccc1/C=C/c1ccccc1. The van der Waals surface area contributed by atoms with Crippen LogP contribution in [0.4, 0.5) is 5.69 Å². The molecule has 0 fully saturated rings. The Morgan fingerprint density at radius 1 is 0.882 bits per heavy atom. The molecule has 2 rings (SSSR count). The van der Waals surface area contributed by atoms with Crippen molar-refractivity contribution in [1.29, 1.82) is 0 Å². The van der Waals surface area contributed by atoms with Crippen LogP contribution in [0.3, 0.4) is 0 Å². The van der Waals surface area contributed by atoms with Gasteiger partial charge in [-0.25, -0.2) is 0 Å². The highest BCUT2D eigenvalue weighted by Crippen LogP contribution is 2.21. The number of rotatable bonds is 3. The highest BCUT2D eigenvalue weighted by Gasteiger charge is 1.94. The van der Waals surface area contributed by atoms with Crippen LogP contribution in [-0.2, 0) is 0 Å². The average molecular weight is 221 g/mol. The lowest BCUT2D eigenvalue weighted by Crippen LogP contribution is -1.73. The summed E-state index contributed by atoms with van der Waals surface area (Å²) in [6.45, 7) is 0. The highest BCUT2D eigenvalue weighted by molar-refractivity contribution is 5.75. The van der Waals surface area contributed by atoms with Gasteiger partial charge in [0.2, 0.25) is 0 Å². The van der Waals surface area contributed by atoms with E-state index in [0.29, 0.717) is 5.69 Å². The second-order valence-corrected chi connectivity index (χ2v) is 3.49. The van der Waals surface area contributed by atoms with Crippen LogP contribution >= 0.6 is 0 Å². The summed E-state index contributed by atoms with van der Waals surface area (Å²) >= 11 is 0. The summed E-state index contributed by atoms with van der Waals surface area (Å²) in [5, 5.41) is 3.65. The number of nitrogens with zero attached hydrogens (tertiary/aromatic N) is 3. The van der Waals surface area contributed by atoms with Crippen LogP contribution in [0.5, 0.6) is 0 Å². The van der Waals surface area contributed by atoms with E-state index in [2.05, 4.69) is 10.0 Å². The first-order valence-electron chi connectivity index (χ1n) is 5.27. The predicted octanol–water partition coefficient (Wildman–Crippen LogP) is 4.80. The molecule has 2 aromatic carbocycles. The van der Waals surface area contributed by atoms with E-state index in [1.54, 1.807) is 6.07 Å². The van der Waals surface area contributed by atoms with Gasteiger partial charge in [-0.3, -0.25) is 0 Å². The Balaban J connectivity index is 2.30. The summed E-state index contributed by atoms with van der Waals surface area (Å²) in [4.78, 5) is 2.81. The molecule has 0 N–H and O–H groups in total. The second kappa shape index (κ2) is 5.54. The minimum atomic E-state index is 0.641. The second-order valence-electron chi connectivity index (χ2n) is 3.49. The van der Waals surface area contributed by atoms with Gasteiger partial charge in [-0.05, 0) is 16.7 Å². The third-order valence-electron chi connectivity index (χ3n) is 2.34. The molecule has 2 aromatic rings. The van der Waals surface area contributed by atoms with E-state index in [1.807, 2.05) is 60.7 Å². The number of hydrogen-bond donors (Lipinski definition) is 0. The van der Waals surface area contributed by atoms with Crippen molar-refractivity contribution in [3.63, 3.8) is 0 Å². The Hall–Kier alpha value is -2.51. The third-order valence-corrected chi connectivity index (χ3v) is 2.34. The normalized spacial score (nSPS) is 10.1. The molecule has 0 aliphatic heterocycles. The first kappa shape index (κ1) is 11.0. The Labute approximate surface area is 99.7 Å². The fourth-order valence-corrected chi connectivity index (χ4v) is 1.52. The fourth-order valence-electron chi connectivity index (χ4n) is 1.52. The molecule has 0 amide bonds. The molecular formula is C14H11N3. The van der Waals surface area contributed by atoms with Crippen LogP contribution < -0.4 is 0 Å². The maximum atomic E-state index is 8.46. The van der Waals surface area contributed by atoms with Crippen molar-refractivity contribution < 1.29 is 0 Å². The summed E-state index contributed by atoms with van der Waals surface area (Å²) < 4.78 is 0. The van der Waals surface area contributed by atoms with Gasteiger partial charge in [0.15, 0.2) is 0 Å². The van der Waals surface area contributed by atoms with E-state index in [9.17, 15) is 0 Å². The minimum absolute atomic E-state index is 0.641. The van der Waals surface area contributed by atoms with E-state index in [-0.39, 0.29) is 0 Å². The zero-order valence-corrected chi connectivity index (χ0v) is 9.19. The van der Waals surface area contributed by atoms with Crippen LogP contribution in [0.1, 0.15) is 11.1 Å². The molecule has 0 bridgehead atoms. The van der Waals surface area contributed by atoms with E-state index >= 15 is 0 Å². The molecule has 0 atom stereocenters. The molecule has 82 valence electrons. The summed E-state index contributed by atoms with van der Waals surface area (Å²) in [5.74, 6) is 0. The smallest absolute Gasteiger partial charge is 0.0447 e. The van der Waals surface area contributed by atoms with Gasteiger partial charge in [-0.2, -0.15) is 0 Å². The van der Waals surface area contributed by atoms with Crippen LogP contribution in [-0.4, -0.2) is 0 Å². The number of hydrogen-bond acceptors (Lipinski definition) is 1. The summed E-state index contributed by atoms with van der Waals surface area (Å²) in [5.41, 5.74) is 11.1. The van der Waals surface area contributed by atoms with Crippen molar-refractivity contribution in [1.82, 2.24) is 0 Å². The van der Waals surface area contributed by atoms with Crippen molar-refractivity contribution in [3.8, 4) is 0 Å². The zero-order valence-electron chi connectivity index (χ0n) is 9.19.